The van der Waals surface area contributed by atoms with Crippen LogP contribution in [0.3, 0.4) is 0 Å². The molecule has 3 N–H and O–H groups in total. The Bertz CT molecular complexity index is 531. The molecule has 1 aliphatic heterocycles. The van der Waals surface area contributed by atoms with Crippen molar-refractivity contribution in [3.05, 3.63) is 47.0 Å². The summed E-state index contributed by atoms with van der Waals surface area (Å²) in [7, 11) is 0. The summed E-state index contributed by atoms with van der Waals surface area (Å²) in [5, 5.41) is 14.9. The molecular weight excluding hydrogens is 256 g/mol. The fraction of sp³-hybridized carbons (Fsp3) is 0.333. The summed E-state index contributed by atoms with van der Waals surface area (Å²) in [6.45, 7) is 3.23. The maximum absolute atomic E-state index is 12.2. The number of aliphatic carboxylic acids is 1. The van der Waals surface area contributed by atoms with Crippen molar-refractivity contribution >= 4 is 11.9 Å². The Balaban J connectivity index is 2.12. The van der Waals surface area contributed by atoms with Gasteiger partial charge in [-0.1, -0.05) is 30.3 Å². The number of benzene rings is 1. The van der Waals surface area contributed by atoms with E-state index in [1.54, 1.807) is 6.92 Å². The summed E-state index contributed by atoms with van der Waals surface area (Å²) in [5.41, 5.74) is 2.55. The van der Waals surface area contributed by atoms with Crippen molar-refractivity contribution in [1.29, 1.82) is 0 Å². The van der Waals surface area contributed by atoms with Crippen LogP contribution in [0.4, 0.5) is 0 Å². The number of rotatable bonds is 5. The first-order chi connectivity index (χ1) is 9.58. The molecule has 0 radical (unpaired) electrons. The molecule has 1 aliphatic rings. The second kappa shape index (κ2) is 6.34. The monoisotopic (exact) mass is 274 g/mol. The van der Waals surface area contributed by atoms with E-state index in [-0.39, 0.29) is 12.3 Å². The smallest absolute Gasteiger partial charge is 0.305 e. The van der Waals surface area contributed by atoms with Crippen molar-refractivity contribution in [2.45, 2.75) is 19.4 Å². The summed E-state index contributed by atoms with van der Waals surface area (Å²) in [6, 6.07) is 8.65. The van der Waals surface area contributed by atoms with Gasteiger partial charge in [0, 0.05) is 18.7 Å². The number of amides is 1. The summed E-state index contributed by atoms with van der Waals surface area (Å²) in [6.07, 6.45) is -0.128. The number of carboxylic acids is 1. The van der Waals surface area contributed by atoms with Crippen molar-refractivity contribution in [3.63, 3.8) is 0 Å². The van der Waals surface area contributed by atoms with Gasteiger partial charge in [0.1, 0.15) is 0 Å². The fourth-order valence-electron chi connectivity index (χ4n) is 2.05. The third-order valence-electron chi connectivity index (χ3n) is 3.43. The SMILES string of the molecule is CC(C(=O)NC(CC(=O)O)c1ccccc1)=C1CNC1. The molecule has 2 rings (SSSR count). The number of hydrogen-bond acceptors (Lipinski definition) is 3. The van der Waals surface area contributed by atoms with Crippen LogP contribution in [0, 0.1) is 0 Å². The highest BCUT2D eigenvalue weighted by Crippen LogP contribution is 2.18. The normalized spacial score (nSPS) is 15.2. The standard InChI is InChI=1S/C15H18N2O3/c1-10(12-8-16-9-12)15(20)17-13(7-14(18)19)11-5-3-2-4-6-11/h2-6,13,16H,7-9H2,1H3,(H,17,20)(H,18,19). The average molecular weight is 274 g/mol. The Morgan fingerprint density at radius 1 is 1.30 bits per heavy atom. The van der Waals surface area contributed by atoms with Crippen molar-refractivity contribution in [1.82, 2.24) is 10.6 Å². The maximum atomic E-state index is 12.2. The molecule has 0 saturated carbocycles. The van der Waals surface area contributed by atoms with Gasteiger partial charge in [-0.3, -0.25) is 9.59 Å². The van der Waals surface area contributed by atoms with Crippen LogP contribution in [0.2, 0.25) is 0 Å². The number of carbonyl (C=O) groups excluding carboxylic acids is 1. The van der Waals surface area contributed by atoms with Gasteiger partial charge in [-0.25, -0.2) is 0 Å². The van der Waals surface area contributed by atoms with Crippen molar-refractivity contribution in [2.24, 2.45) is 0 Å². The van der Waals surface area contributed by atoms with Crippen molar-refractivity contribution in [2.75, 3.05) is 13.1 Å². The summed E-state index contributed by atoms with van der Waals surface area (Å²) < 4.78 is 0. The van der Waals surface area contributed by atoms with E-state index in [2.05, 4.69) is 10.6 Å². The van der Waals surface area contributed by atoms with E-state index in [0.717, 1.165) is 24.2 Å². The van der Waals surface area contributed by atoms with Crippen LogP contribution < -0.4 is 10.6 Å². The van der Waals surface area contributed by atoms with Gasteiger partial charge in [-0.15, -0.1) is 0 Å². The molecular formula is C15H18N2O3. The summed E-state index contributed by atoms with van der Waals surface area (Å²) >= 11 is 0. The zero-order valence-corrected chi connectivity index (χ0v) is 11.3. The van der Waals surface area contributed by atoms with Gasteiger partial charge in [0.2, 0.25) is 5.91 Å². The minimum Gasteiger partial charge on any atom is -0.481 e. The summed E-state index contributed by atoms with van der Waals surface area (Å²) in [5.74, 6) is -1.13. The molecule has 5 heteroatoms. The first-order valence-corrected chi connectivity index (χ1v) is 6.55. The van der Waals surface area contributed by atoms with Crippen LogP contribution in [0.25, 0.3) is 0 Å². The quantitative estimate of drug-likeness (QED) is 0.706. The van der Waals surface area contributed by atoms with E-state index in [9.17, 15) is 9.59 Å². The van der Waals surface area contributed by atoms with Crippen LogP contribution in [-0.4, -0.2) is 30.1 Å². The molecule has 1 saturated heterocycles. The summed E-state index contributed by atoms with van der Waals surface area (Å²) in [4.78, 5) is 23.1. The highest BCUT2D eigenvalue weighted by atomic mass is 16.4. The van der Waals surface area contributed by atoms with Crippen molar-refractivity contribution < 1.29 is 14.7 Å². The van der Waals surface area contributed by atoms with E-state index in [4.69, 9.17) is 5.11 Å². The van der Waals surface area contributed by atoms with E-state index >= 15 is 0 Å². The lowest BCUT2D eigenvalue weighted by Gasteiger charge is -2.23. The Hall–Kier alpha value is -2.14. The van der Waals surface area contributed by atoms with Crippen LogP contribution in [-0.2, 0) is 9.59 Å². The predicted molar refractivity (Wildman–Crippen MR) is 75.1 cm³/mol. The third-order valence-corrected chi connectivity index (χ3v) is 3.43. The molecule has 0 bridgehead atoms. The van der Waals surface area contributed by atoms with Crippen molar-refractivity contribution in [3.8, 4) is 0 Å². The Kier molecular flexibility index (Phi) is 4.53. The van der Waals surface area contributed by atoms with E-state index in [1.165, 1.54) is 0 Å². The van der Waals surface area contributed by atoms with E-state index in [1.807, 2.05) is 30.3 Å². The number of hydrogen-bond donors (Lipinski definition) is 3. The van der Waals surface area contributed by atoms with Gasteiger partial charge in [0.15, 0.2) is 0 Å². The maximum Gasteiger partial charge on any atom is 0.305 e. The zero-order valence-electron chi connectivity index (χ0n) is 11.3. The highest BCUT2D eigenvalue weighted by Gasteiger charge is 2.21. The van der Waals surface area contributed by atoms with Gasteiger partial charge < -0.3 is 15.7 Å². The molecule has 106 valence electrons. The number of nitrogens with one attached hydrogen (secondary N) is 2. The van der Waals surface area contributed by atoms with Crippen LogP contribution >= 0.6 is 0 Å². The molecule has 0 spiro atoms. The Morgan fingerprint density at radius 3 is 2.45 bits per heavy atom. The minimum absolute atomic E-state index is 0.128. The lowest BCUT2D eigenvalue weighted by molar-refractivity contribution is -0.137. The van der Waals surface area contributed by atoms with E-state index < -0.39 is 12.0 Å². The molecule has 1 aromatic rings. The zero-order chi connectivity index (χ0) is 14.5. The van der Waals surface area contributed by atoms with Gasteiger partial charge in [-0.05, 0) is 18.1 Å². The second-order valence-corrected chi connectivity index (χ2v) is 4.87. The first kappa shape index (κ1) is 14.3. The third kappa shape index (κ3) is 3.45. The molecule has 5 nitrogen and oxygen atoms in total. The van der Waals surface area contributed by atoms with Gasteiger partial charge in [0.25, 0.3) is 0 Å². The van der Waals surface area contributed by atoms with Gasteiger partial charge in [-0.2, -0.15) is 0 Å². The predicted octanol–water partition coefficient (Wildman–Crippen LogP) is 1.24. The lowest BCUT2D eigenvalue weighted by Crippen LogP contribution is -2.38. The fourth-order valence-corrected chi connectivity index (χ4v) is 2.05. The second-order valence-electron chi connectivity index (χ2n) is 4.87. The number of carbonyl (C=O) groups is 2. The highest BCUT2D eigenvalue weighted by molar-refractivity contribution is 5.94. The molecule has 0 aliphatic carbocycles. The largest absolute Gasteiger partial charge is 0.481 e. The van der Waals surface area contributed by atoms with Crippen LogP contribution in [0.1, 0.15) is 24.9 Å². The number of carboxylic acid groups (broad SMARTS) is 1. The first-order valence-electron chi connectivity index (χ1n) is 6.55. The molecule has 1 unspecified atom stereocenters. The lowest BCUT2D eigenvalue weighted by atomic mass is 10.0. The molecule has 1 aromatic carbocycles. The molecule has 1 heterocycles. The van der Waals surface area contributed by atoms with E-state index in [0.29, 0.717) is 5.57 Å². The van der Waals surface area contributed by atoms with Crippen LogP contribution in [0.5, 0.6) is 0 Å². The molecule has 1 atom stereocenters. The van der Waals surface area contributed by atoms with Gasteiger partial charge >= 0.3 is 5.97 Å². The molecule has 0 aromatic heterocycles. The van der Waals surface area contributed by atoms with Crippen LogP contribution in [0.15, 0.2) is 41.5 Å². The molecule has 1 amide bonds. The average Bonchev–Trinajstić information content (AvgIpc) is 2.36. The Labute approximate surface area is 117 Å². The Morgan fingerprint density at radius 2 is 1.95 bits per heavy atom. The topological polar surface area (TPSA) is 78.4 Å². The molecule has 1 fully saturated rings. The molecule has 20 heavy (non-hydrogen) atoms. The minimum atomic E-state index is -0.935. The van der Waals surface area contributed by atoms with Gasteiger partial charge in [0.05, 0.1) is 12.5 Å².